The smallest absolute Gasteiger partial charge is 0.248 e. The van der Waals surface area contributed by atoms with Crippen molar-refractivity contribution in [2.75, 3.05) is 19.7 Å². The molecule has 2 N–H and O–H groups in total. The molecule has 0 aromatic heterocycles. The second kappa shape index (κ2) is 6.49. The van der Waals surface area contributed by atoms with Crippen LogP contribution in [0.3, 0.4) is 0 Å². The van der Waals surface area contributed by atoms with E-state index in [2.05, 4.69) is 0 Å². The van der Waals surface area contributed by atoms with Crippen molar-refractivity contribution in [3.8, 4) is 0 Å². The minimum atomic E-state index is -0.773. The van der Waals surface area contributed by atoms with Crippen LogP contribution in [-0.2, 0) is 14.3 Å². The zero-order valence-electron chi connectivity index (χ0n) is 11.7. The number of halogens is 1. The molecule has 21 heavy (non-hydrogen) atoms. The Morgan fingerprint density at radius 3 is 2.90 bits per heavy atom. The number of benzene rings is 1. The molecule has 2 rings (SSSR count). The fraction of sp³-hybridized carbons (Fsp3) is 0.333. The molecule has 0 bridgehead atoms. The van der Waals surface area contributed by atoms with E-state index in [1.54, 1.807) is 19.1 Å². The van der Waals surface area contributed by atoms with E-state index in [9.17, 15) is 14.0 Å². The highest BCUT2D eigenvalue weighted by Crippen LogP contribution is 2.16. The molecular weight excluding hydrogens is 275 g/mol. The van der Waals surface area contributed by atoms with Gasteiger partial charge in [0.1, 0.15) is 5.82 Å². The maximum absolute atomic E-state index is 13.2. The summed E-state index contributed by atoms with van der Waals surface area (Å²) in [5, 5.41) is 0. The van der Waals surface area contributed by atoms with Gasteiger partial charge in [0, 0.05) is 12.6 Å². The van der Waals surface area contributed by atoms with Crippen LogP contribution in [0.4, 0.5) is 4.39 Å². The number of carbonyl (C=O) groups is 2. The number of carbonyl (C=O) groups excluding carboxylic acids is 2. The van der Waals surface area contributed by atoms with E-state index in [4.69, 9.17) is 10.5 Å². The Morgan fingerprint density at radius 1 is 1.48 bits per heavy atom. The Balaban J connectivity index is 2.09. The van der Waals surface area contributed by atoms with E-state index >= 15 is 0 Å². The number of hydrogen-bond donors (Lipinski definition) is 1. The second-order valence-electron chi connectivity index (χ2n) is 4.88. The van der Waals surface area contributed by atoms with Crippen molar-refractivity contribution in [2.24, 2.45) is 5.73 Å². The molecule has 1 heterocycles. The van der Waals surface area contributed by atoms with Crippen LogP contribution in [0.5, 0.6) is 0 Å². The first-order valence-electron chi connectivity index (χ1n) is 6.61. The summed E-state index contributed by atoms with van der Waals surface area (Å²) in [5.41, 5.74) is 6.48. The van der Waals surface area contributed by atoms with E-state index in [1.165, 1.54) is 23.1 Å². The van der Waals surface area contributed by atoms with Crippen molar-refractivity contribution in [1.29, 1.82) is 0 Å². The molecule has 2 amide bonds. The van der Waals surface area contributed by atoms with Gasteiger partial charge in [0.25, 0.3) is 0 Å². The van der Waals surface area contributed by atoms with Gasteiger partial charge in [-0.25, -0.2) is 4.39 Å². The van der Waals surface area contributed by atoms with Crippen LogP contribution in [0, 0.1) is 5.82 Å². The van der Waals surface area contributed by atoms with E-state index in [0.29, 0.717) is 17.7 Å². The lowest BCUT2D eigenvalue weighted by Crippen LogP contribution is -2.50. The average molecular weight is 292 g/mol. The Labute approximate surface area is 122 Å². The minimum Gasteiger partial charge on any atom is -0.367 e. The van der Waals surface area contributed by atoms with Gasteiger partial charge in [0.05, 0.1) is 13.2 Å². The summed E-state index contributed by atoms with van der Waals surface area (Å²) in [4.78, 5) is 24.8. The van der Waals surface area contributed by atoms with Crippen LogP contribution in [0.15, 0.2) is 30.3 Å². The lowest BCUT2D eigenvalue weighted by Gasteiger charge is -2.30. The van der Waals surface area contributed by atoms with E-state index in [0.717, 1.165) is 0 Å². The summed E-state index contributed by atoms with van der Waals surface area (Å²) >= 11 is 0. The highest BCUT2D eigenvalue weighted by atomic mass is 19.1. The van der Waals surface area contributed by atoms with Crippen molar-refractivity contribution in [3.05, 3.63) is 41.7 Å². The maximum Gasteiger partial charge on any atom is 0.248 e. The molecule has 1 aliphatic heterocycles. The third-order valence-corrected chi connectivity index (χ3v) is 3.32. The number of hydrogen-bond acceptors (Lipinski definition) is 3. The number of allylic oxidation sites excluding steroid dienone is 1. The molecule has 1 atom stereocenters. The molecule has 0 radical (unpaired) electrons. The highest BCUT2D eigenvalue weighted by molar-refractivity contribution is 5.95. The summed E-state index contributed by atoms with van der Waals surface area (Å²) in [6, 6.07) is 6.03. The third-order valence-electron chi connectivity index (χ3n) is 3.32. The third kappa shape index (κ3) is 3.88. The molecule has 1 aromatic carbocycles. The standard InChI is InChI=1S/C15H17FN2O3/c1-10(11-3-2-4-12(16)8-11)7-14(19)18-5-6-21-13(9-18)15(17)20/h2-4,7-8,13H,5-6,9H2,1H3,(H2,17,20). The van der Waals surface area contributed by atoms with Crippen LogP contribution in [0.1, 0.15) is 12.5 Å². The number of nitrogens with zero attached hydrogens (tertiary/aromatic N) is 1. The van der Waals surface area contributed by atoms with Gasteiger partial charge in [-0.1, -0.05) is 12.1 Å². The predicted octanol–water partition coefficient (Wildman–Crippen LogP) is 0.942. The largest absolute Gasteiger partial charge is 0.367 e. The molecule has 0 spiro atoms. The zero-order chi connectivity index (χ0) is 15.4. The van der Waals surface area contributed by atoms with Gasteiger partial charge in [-0.15, -0.1) is 0 Å². The first-order chi connectivity index (χ1) is 9.97. The van der Waals surface area contributed by atoms with Gasteiger partial charge in [-0.3, -0.25) is 9.59 Å². The molecule has 112 valence electrons. The molecule has 0 saturated carbocycles. The van der Waals surface area contributed by atoms with Crippen molar-refractivity contribution in [1.82, 2.24) is 4.90 Å². The highest BCUT2D eigenvalue weighted by Gasteiger charge is 2.26. The van der Waals surface area contributed by atoms with E-state index in [1.807, 2.05) is 0 Å². The second-order valence-corrected chi connectivity index (χ2v) is 4.88. The number of rotatable bonds is 3. The summed E-state index contributed by atoms with van der Waals surface area (Å²) in [6.07, 6.45) is 0.656. The lowest BCUT2D eigenvalue weighted by molar-refractivity contribution is -0.142. The fourth-order valence-electron chi connectivity index (χ4n) is 2.12. The normalized spacial score (nSPS) is 19.4. The van der Waals surface area contributed by atoms with Crippen LogP contribution in [-0.4, -0.2) is 42.5 Å². The lowest BCUT2D eigenvalue weighted by atomic mass is 10.1. The number of nitrogens with two attached hydrogens (primary N) is 1. The number of ether oxygens (including phenoxy) is 1. The predicted molar refractivity (Wildman–Crippen MR) is 75.6 cm³/mol. The molecule has 6 heteroatoms. The molecule has 1 aliphatic rings. The van der Waals surface area contributed by atoms with Gasteiger partial charge in [-0.2, -0.15) is 0 Å². The molecular formula is C15H17FN2O3. The van der Waals surface area contributed by atoms with Gasteiger partial charge < -0.3 is 15.4 Å². The average Bonchev–Trinajstić information content (AvgIpc) is 2.47. The van der Waals surface area contributed by atoms with Crippen molar-refractivity contribution < 1.29 is 18.7 Å². The SMILES string of the molecule is CC(=CC(=O)N1CCOC(C(N)=O)C1)c1cccc(F)c1. The molecule has 1 fully saturated rings. The van der Waals surface area contributed by atoms with Crippen molar-refractivity contribution in [2.45, 2.75) is 13.0 Å². The fourth-order valence-corrected chi connectivity index (χ4v) is 2.12. The zero-order valence-corrected chi connectivity index (χ0v) is 11.7. The first kappa shape index (κ1) is 15.2. The first-order valence-corrected chi connectivity index (χ1v) is 6.61. The number of amides is 2. The maximum atomic E-state index is 13.2. The van der Waals surface area contributed by atoms with E-state index in [-0.39, 0.29) is 24.9 Å². The molecule has 1 unspecified atom stereocenters. The molecule has 0 aliphatic carbocycles. The van der Waals surface area contributed by atoms with Gasteiger partial charge >= 0.3 is 0 Å². The Morgan fingerprint density at radius 2 is 2.24 bits per heavy atom. The summed E-state index contributed by atoms with van der Waals surface area (Å²) in [6.45, 7) is 2.54. The molecule has 1 saturated heterocycles. The van der Waals surface area contributed by atoms with Gasteiger partial charge in [-0.05, 0) is 30.2 Å². The Hall–Kier alpha value is -2.21. The quantitative estimate of drug-likeness (QED) is 0.843. The van der Waals surface area contributed by atoms with Crippen LogP contribution >= 0.6 is 0 Å². The van der Waals surface area contributed by atoms with Crippen molar-refractivity contribution >= 4 is 17.4 Å². The number of primary amides is 1. The summed E-state index contributed by atoms with van der Waals surface area (Å²) in [7, 11) is 0. The monoisotopic (exact) mass is 292 g/mol. The summed E-state index contributed by atoms with van der Waals surface area (Å²) < 4.78 is 18.4. The van der Waals surface area contributed by atoms with Crippen LogP contribution in [0.2, 0.25) is 0 Å². The van der Waals surface area contributed by atoms with Crippen molar-refractivity contribution in [3.63, 3.8) is 0 Å². The summed E-state index contributed by atoms with van der Waals surface area (Å²) in [5.74, 6) is -1.18. The molecule has 5 nitrogen and oxygen atoms in total. The van der Waals surface area contributed by atoms with Gasteiger partial charge in [0.2, 0.25) is 11.8 Å². The Kier molecular flexibility index (Phi) is 4.70. The minimum absolute atomic E-state index is 0.140. The van der Waals surface area contributed by atoms with Crippen LogP contribution in [0.25, 0.3) is 5.57 Å². The topological polar surface area (TPSA) is 72.6 Å². The number of morpholine rings is 1. The van der Waals surface area contributed by atoms with Crippen LogP contribution < -0.4 is 5.73 Å². The Bertz CT molecular complexity index is 586. The van der Waals surface area contributed by atoms with Gasteiger partial charge in [0.15, 0.2) is 6.10 Å². The molecule has 1 aromatic rings. The van der Waals surface area contributed by atoms with E-state index < -0.39 is 12.0 Å².